The lowest BCUT2D eigenvalue weighted by molar-refractivity contribution is -0.191. The first-order valence-electron chi connectivity index (χ1n) is 6.69. The van der Waals surface area contributed by atoms with Crippen LogP contribution in [-0.2, 0) is 9.53 Å². The first kappa shape index (κ1) is 15.5. The van der Waals surface area contributed by atoms with Crippen LogP contribution in [0.1, 0.15) is 12.8 Å². The largest absolute Gasteiger partial charge is 0.471 e. The van der Waals surface area contributed by atoms with Crippen molar-refractivity contribution >= 4 is 5.91 Å². The highest BCUT2D eigenvalue weighted by Gasteiger charge is 2.46. The molecule has 2 fully saturated rings. The van der Waals surface area contributed by atoms with Crippen LogP contribution < -0.4 is 0 Å². The van der Waals surface area contributed by atoms with Gasteiger partial charge in [0.25, 0.3) is 0 Å². The molecule has 0 aromatic carbocycles. The molecule has 20 heavy (non-hydrogen) atoms. The number of ether oxygens (including phenoxy) is 1. The third-order valence-corrected chi connectivity index (χ3v) is 3.71. The maximum absolute atomic E-state index is 12.4. The lowest BCUT2D eigenvalue weighted by Crippen LogP contribution is -2.58. The molecule has 8 heteroatoms. The van der Waals surface area contributed by atoms with Gasteiger partial charge in [-0.3, -0.25) is 9.69 Å². The molecule has 1 N–H and O–H groups in total. The molecule has 2 rings (SSSR count). The summed E-state index contributed by atoms with van der Waals surface area (Å²) in [6, 6.07) is 0. The highest BCUT2D eigenvalue weighted by molar-refractivity contribution is 5.82. The van der Waals surface area contributed by atoms with Crippen LogP contribution in [0.5, 0.6) is 0 Å². The number of carbonyl (C=O) groups excluding carboxylic acids is 1. The highest BCUT2D eigenvalue weighted by Crippen LogP contribution is 2.27. The van der Waals surface area contributed by atoms with E-state index in [4.69, 9.17) is 4.74 Å². The third kappa shape index (κ3) is 3.83. The summed E-state index contributed by atoms with van der Waals surface area (Å²) in [6.45, 7) is 2.47. The fourth-order valence-electron chi connectivity index (χ4n) is 2.77. The molecule has 0 aliphatic carbocycles. The van der Waals surface area contributed by atoms with E-state index in [1.807, 2.05) is 4.90 Å². The Morgan fingerprint density at radius 2 is 1.90 bits per heavy atom. The average molecular weight is 296 g/mol. The fourth-order valence-corrected chi connectivity index (χ4v) is 2.77. The smallest absolute Gasteiger partial charge is 0.387 e. The van der Waals surface area contributed by atoms with Crippen LogP contribution in [-0.4, -0.2) is 78.5 Å². The number of carbonyl (C=O) groups is 1. The Bertz CT molecular complexity index is 358. The minimum atomic E-state index is -4.88. The fraction of sp³-hybridized carbons (Fsp3) is 0.917. The summed E-state index contributed by atoms with van der Waals surface area (Å²) >= 11 is 0. The number of alkyl halides is 3. The van der Waals surface area contributed by atoms with Crippen LogP contribution in [0.2, 0.25) is 0 Å². The van der Waals surface area contributed by atoms with E-state index in [1.54, 1.807) is 0 Å². The Labute approximate surface area is 115 Å². The number of likely N-dealkylation sites (tertiary alicyclic amines) is 1. The molecule has 2 aliphatic rings. The van der Waals surface area contributed by atoms with Gasteiger partial charge in [0.1, 0.15) is 0 Å². The van der Waals surface area contributed by atoms with Gasteiger partial charge in [0.2, 0.25) is 0 Å². The van der Waals surface area contributed by atoms with E-state index >= 15 is 0 Å². The highest BCUT2D eigenvalue weighted by atomic mass is 19.4. The molecule has 1 atom stereocenters. The van der Waals surface area contributed by atoms with E-state index < -0.39 is 17.7 Å². The molecule has 5 nitrogen and oxygen atoms in total. The monoisotopic (exact) mass is 296 g/mol. The number of β-amino-alcohol motifs (C(OH)–C–C–N with tert-alkyl or cyclic N) is 1. The van der Waals surface area contributed by atoms with Crippen molar-refractivity contribution in [2.24, 2.45) is 0 Å². The first-order valence-corrected chi connectivity index (χ1v) is 6.69. The summed E-state index contributed by atoms with van der Waals surface area (Å²) in [6.07, 6.45) is -4.09. The summed E-state index contributed by atoms with van der Waals surface area (Å²) in [5, 5.41) is 10.5. The summed E-state index contributed by atoms with van der Waals surface area (Å²) in [5.74, 6) is -1.86. The van der Waals surface area contributed by atoms with Crippen molar-refractivity contribution in [2.75, 3.05) is 45.9 Å². The molecule has 0 aromatic rings. The molecule has 2 aliphatic heterocycles. The predicted octanol–water partition coefficient (Wildman–Crippen LogP) is 0.234. The van der Waals surface area contributed by atoms with Gasteiger partial charge in [-0.2, -0.15) is 13.2 Å². The number of aliphatic hydroxyl groups is 1. The molecule has 2 heterocycles. The normalized spacial score (nSPS) is 29.5. The lowest BCUT2D eigenvalue weighted by atomic mass is 9.92. The number of hydrogen-bond acceptors (Lipinski definition) is 4. The molecule has 116 valence electrons. The van der Waals surface area contributed by atoms with Gasteiger partial charge in [-0.1, -0.05) is 0 Å². The van der Waals surface area contributed by atoms with Gasteiger partial charge >= 0.3 is 12.1 Å². The van der Waals surface area contributed by atoms with Crippen molar-refractivity contribution in [3.05, 3.63) is 0 Å². The van der Waals surface area contributed by atoms with Gasteiger partial charge in [-0.15, -0.1) is 0 Å². The molecule has 0 saturated carbocycles. The molecule has 2 saturated heterocycles. The molecule has 0 radical (unpaired) electrons. The lowest BCUT2D eigenvalue weighted by Gasteiger charge is -2.42. The maximum Gasteiger partial charge on any atom is 0.471 e. The molecule has 1 unspecified atom stereocenters. The van der Waals surface area contributed by atoms with E-state index in [-0.39, 0.29) is 19.6 Å². The Balaban J connectivity index is 1.95. The second-order valence-corrected chi connectivity index (χ2v) is 5.44. The van der Waals surface area contributed by atoms with E-state index in [0.29, 0.717) is 44.0 Å². The summed E-state index contributed by atoms with van der Waals surface area (Å²) in [7, 11) is 0. The quantitative estimate of drug-likeness (QED) is 0.793. The van der Waals surface area contributed by atoms with Crippen molar-refractivity contribution < 1.29 is 27.8 Å². The minimum Gasteiger partial charge on any atom is -0.387 e. The van der Waals surface area contributed by atoms with Crippen LogP contribution in [0.25, 0.3) is 0 Å². The zero-order valence-electron chi connectivity index (χ0n) is 11.2. The number of rotatable bonds is 2. The average Bonchev–Trinajstić information content (AvgIpc) is 2.37. The van der Waals surface area contributed by atoms with E-state index in [1.165, 1.54) is 0 Å². The van der Waals surface area contributed by atoms with Gasteiger partial charge in [0.05, 0.1) is 25.4 Å². The van der Waals surface area contributed by atoms with Gasteiger partial charge in [0.15, 0.2) is 0 Å². The second kappa shape index (κ2) is 5.87. The summed E-state index contributed by atoms with van der Waals surface area (Å²) < 4.78 is 42.5. The van der Waals surface area contributed by atoms with Crippen LogP contribution >= 0.6 is 0 Å². The zero-order chi connectivity index (χ0) is 14.8. The SMILES string of the molecule is O=C(N1CCCC(O)(CN2CCOCC2)C1)C(F)(F)F. The van der Waals surface area contributed by atoms with E-state index in [2.05, 4.69) is 0 Å². The van der Waals surface area contributed by atoms with Crippen molar-refractivity contribution in [3.8, 4) is 0 Å². The summed E-state index contributed by atoms with van der Waals surface area (Å²) in [4.78, 5) is 13.9. The first-order chi connectivity index (χ1) is 9.30. The number of halogens is 3. The topological polar surface area (TPSA) is 53.0 Å². The van der Waals surface area contributed by atoms with Crippen LogP contribution in [0.15, 0.2) is 0 Å². The Kier molecular flexibility index (Phi) is 4.55. The zero-order valence-corrected chi connectivity index (χ0v) is 11.2. The van der Waals surface area contributed by atoms with E-state index in [0.717, 1.165) is 0 Å². The summed E-state index contributed by atoms with van der Waals surface area (Å²) in [5.41, 5.74) is -1.27. The molecule has 0 aromatic heterocycles. The van der Waals surface area contributed by atoms with Crippen molar-refractivity contribution in [1.82, 2.24) is 9.80 Å². The Morgan fingerprint density at radius 1 is 1.25 bits per heavy atom. The Hall–Kier alpha value is -0.860. The number of hydrogen-bond donors (Lipinski definition) is 1. The molecular weight excluding hydrogens is 277 g/mol. The Morgan fingerprint density at radius 3 is 2.50 bits per heavy atom. The third-order valence-electron chi connectivity index (χ3n) is 3.71. The van der Waals surface area contributed by atoms with Gasteiger partial charge in [-0.25, -0.2) is 0 Å². The standard InChI is InChI=1S/C12H19F3N2O3/c13-12(14,15)10(18)17-3-1-2-11(19,9-17)8-16-4-6-20-7-5-16/h19H,1-9H2. The van der Waals surface area contributed by atoms with E-state index in [9.17, 15) is 23.1 Å². The predicted molar refractivity (Wildman–Crippen MR) is 64.1 cm³/mol. The van der Waals surface area contributed by atoms with Crippen molar-refractivity contribution in [1.29, 1.82) is 0 Å². The molecule has 0 bridgehead atoms. The van der Waals surface area contributed by atoms with Gasteiger partial charge < -0.3 is 14.7 Å². The van der Waals surface area contributed by atoms with Crippen LogP contribution in [0, 0.1) is 0 Å². The van der Waals surface area contributed by atoms with Crippen LogP contribution in [0.3, 0.4) is 0 Å². The number of nitrogens with zero attached hydrogens (tertiary/aromatic N) is 2. The maximum atomic E-state index is 12.4. The minimum absolute atomic E-state index is 0.0454. The number of morpholine rings is 1. The van der Waals surface area contributed by atoms with Crippen molar-refractivity contribution in [3.63, 3.8) is 0 Å². The van der Waals surface area contributed by atoms with Crippen LogP contribution in [0.4, 0.5) is 13.2 Å². The number of piperidine rings is 1. The van der Waals surface area contributed by atoms with Crippen molar-refractivity contribution in [2.45, 2.75) is 24.6 Å². The second-order valence-electron chi connectivity index (χ2n) is 5.44. The molecule has 1 amide bonds. The van der Waals surface area contributed by atoms with Gasteiger partial charge in [0, 0.05) is 26.2 Å². The van der Waals surface area contributed by atoms with Gasteiger partial charge in [-0.05, 0) is 12.8 Å². The number of amides is 1. The molecule has 0 spiro atoms. The molecular formula is C12H19F3N2O3.